The van der Waals surface area contributed by atoms with E-state index >= 15 is 0 Å². The van der Waals surface area contributed by atoms with Gasteiger partial charge in [0.2, 0.25) is 12.6 Å². The second-order valence-electron chi connectivity index (χ2n) is 6.42. The third kappa shape index (κ3) is 3.69. The van der Waals surface area contributed by atoms with E-state index in [1.54, 1.807) is 0 Å². The van der Waals surface area contributed by atoms with Gasteiger partial charge in [0, 0.05) is 17.1 Å². The van der Waals surface area contributed by atoms with Crippen LogP contribution in [0.25, 0.3) is 0 Å². The molecule has 0 aromatic rings. The van der Waals surface area contributed by atoms with Crippen molar-refractivity contribution in [3.05, 3.63) is 0 Å². The minimum atomic E-state index is -0.340. The Balaban J connectivity index is 1.42. The van der Waals surface area contributed by atoms with Crippen LogP contribution < -0.4 is 0 Å². The van der Waals surface area contributed by atoms with Crippen molar-refractivity contribution in [2.45, 2.75) is 44.5 Å². The van der Waals surface area contributed by atoms with E-state index in [2.05, 4.69) is 25.6 Å². The molecule has 3 aliphatic rings. The van der Waals surface area contributed by atoms with Crippen LogP contribution in [0.15, 0.2) is 0 Å². The highest BCUT2D eigenvalue weighted by atomic mass is 32.2. The van der Waals surface area contributed by atoms with Crippen molar-refractivity contribution < 1.29 is 18.9 Å². The Labute approximate surface area is 125 Å². The Hall–Kier alpha value is 0.190. The van der Waals surface area contributed by atoms with Crippen LogP contribution >= 0.6 is 11.8 Å². The molecule has 0 aromatic carbocycles. The van der Waals surface area contributed by atoms with E-state index in [0.29, 0.717) is 11.8 Å². The maximum Gasteiger partial charge on any atom is 0.209 e. The third-order valence-corrected chi connectivity index (χ3v) is 5.89. The van der Waals surface area contributed by atoms with E-state index in [1.807, 2.05) is 0 Å². The molecule has 0 aliphatic carbocycles. The van der Waals surface area contributed by atoms with Crippen molar-refractivity contribution in [1.82, 2.24) is 0 Å². The topological polar surface area (TPSA) is 36.9 Å². The van der Waals surface area contributed by atoms with Crippen LogP contribution in [0.1, 0.15) is 26.7 Å². The lowest BCUT2D eigenvalue weighted by atomic mass is 9.89. The molecule has 0 saturated carbocycles. The van der Waals surface area contributed by atoms with Gasteiger partial charge in [-0.3, -0.25) is 0 Å². The highest BCUT2D eigenvalue weighted by Gasteiger charge is 2.36. The van der Waals surface area contributed by atoms with Crippen molar-refractivity contribution in [3.8, 4) is 0 Å². The third-order valence-electron chi connectivity index (χ3n) is 4.47. The molecule has 0 spiro atoms. The number of rotatable bonds is 2. The highest BCUT2D eigenvalue weighted by Crippen LogP contribution is 2.35. The number of hydrogen-bond acceptors (Lipinski definition) is 5. The van der Waals surface area contributed by atoms with E-state index in [1.165, 1.54) is 18.6 Å². The summed E-state index contributed by atoms with van der Waals surface area (Å²) >= 11 is 2.09. The van der Waals surface area contributed by atoms with Crippen molar-refractivity contribution in [1.29, 1.82) is 0 Å². The summed E-state index contributed by atoms with van der Waals surface area (Å²) in [6.07, 6.45) is 1.95. The monoisotopic (exact) mass is 302 g/mol. The second-order valence-corrected chi connectivity index (χ2v) is 7.89. The minimum Gasteiger partial charge on any atom is -0.348 e. The predicted molar refractivity (Wildman–Crippen MR) is 78.7 cm³/mol. The van der Waals surface area contributed by atoms with E-state index < -0.39 is 0 Å². The first-order valence-corrected chi connectivity index (χ1v) is 8.85. The molecular weight excluding hydrogens is 276 g/mol. The van der Waals surface area contributed by atoms with Crippen molar-refractivity contribution in [3.63, 3.8) is 0 Å². The zero-order valence-electron chi connectivity index (χ0n) is 12.5. The van der Waals surface area contributed by atoms with Crippen molar-refractivity contribution >= 4 is 11.8 Å². The summed E-state index contributed by atoms with van der Waals surface area (Å²) in [5.41, 5.74) is 0. The average Bonchev–Trinajstić information content (AvgIpc) is 2.49. The summed E-state index contributed by atoms with van der Waals surface area (Å²) in [7, 11) is 0. The average molecular weight is 302 g/mol. The van der Waals surface area contributed by atoms with Gasteiger partial charge in [-0.25, -0.2) is 0 Å². The molecule has 2 unspecified atom stereocenters. The van der Waals surface area contributed by atoms with Crippen LogP contribution in [0.2, 0.25) is 0 Å². The Kier molecular flexibility index (Phi) is 5.26. The van der Waals surface area contributed by atoms with E-state index in [4.69, 9.17) is 18.9 Å². The summed E-state index contributed by atoms with van der Waals surface area (Å²) in [6, 6.07) is 0. The summed E-state index contributed by atoms with van der Waals surface area (Å²) < 4.78 is 23.0. The maximum atomic E-state index is 5.86. The van der Waals surface area contributed by atoms with Gasteiger partial charge >= 0.3 is 0 Å². The molecule has 0 N–H and O–H groups in total. The quantitative estimate of drug-likeness (QED) is 0.783. The van der Waals surface area contributed by atoms with Crippen LogP contribution in [-0.2, 0) is 18.9 Å². The molecule has 3 aliphatic heterocycles. The van der Waals surface area contributed by atoms with E-state index in [-0.39, 0.29) is 12.6 Å². The fourth-order valence-corrected chi connectivity index (χ4v) is 4.33. The smallest absolute Gasteiger partial charge is 0.209 e. The highest BCUT2D eigenvalue weighted by molar-refractivity contribution is 7.99. The van der Waals surface area contributed by atoms with Gasteiger partial charge in [-0.2, -0.15) is 11.8 Å². The Morgan fingerprint density at radius 3 is 1.90 bits per heavy atom. The van der Waals surface area contributed by atoms with Crippen LogP contribution in [-0.4, -0.2) is 50.0 Å². The van der Waals surface area contributed by atoms with Crippen molar-refractivity contribution in [2.75, 3.05) is 32.2 Å². The standard InChI is InChI=1S/C15H26O4S/c1-10-5-16-14(17-6-10)15-18-7-13(8-19-15)12-4-3-11(2)20-9-12/h10-15H,3-9H2,1-2H3. The van der Waals surface area contributed by atoms with E-state index in [9.17, 15) is 0 Å². The number of hydrogen-bond donors (Lipinski definition) is 0. The summed E-state index contributed by atoms with van der Waals surface area (Å²) in [4.78, 5) is 0. The van der Waals surface area contributed by atoms with Gasteiger partial charge in [-0.15, -0.1) is 0 Å². The molecule has 3 saturated heterocycles. The van der Waals surface area contributed by atoms with Gasteiger partial charge < -0.3 is 18.9 Å². The molecule has 3 rings (SSSR count). The van der Waals surface area contributed by atoms with Crippen LogP contribution in [0, 0.1) is 17.8 Å². The Morgan fingerprint density at radius 1 is 0.750 bits per heavy atom. The lowest BCUT2D eigenvalue weighted by Crippen LogP contribution is -2.47. The molecule has 0 radical (unpaired) electrons. The molecule has 0 amide bonds. The molecule has 3 fully saturated rings. The molecule has 116 valence electrons. The fourth-order valence-electron chi connectivity index (χ4n) is 3.01. The van der Waals surface area contributed by atoms with Gasteiger partial charge in [-0.05, 0) is 24.5 Å². The van der Waals surface area contributed by atoms with Crippen LogP contribution in [0.5, 0.6) is 0 Å². The van der Waals surface area contributed by atoms with Crippen molar-refractivity contribution in [2.24, 2.45) is 17.8 Å². The Bertz CT molecular complexity index is 260. The predicted octanol–water partition coefficient (Wildman–Crippen LogP) is 2.52. The zero-order valence-corrected chi connectivity index (χ0v) is 13.3. The lowest BCUT2D eigenvalue weighted by Gasteiger charge is -2.40. The molecule has 2 atom stereocenters. The number of thioether (sulfide) groups is 1. The molecule has 0 aromatic heterocycles. The van der Waals surface area contributed by atoms with Gasteiger partial charge in [0.15, 0.2) is 0 Å². The summed E-state index contributed by atoms with van der Waals surface area (Å²) in [5.74, 6) is 2.99. The molecule has 20 heavy (non-hydrogen) atoms. The van der Waals surface area contributed by atoms with Gasteiger partial charge in [0.05, 0.1) is 26.4 Å². The normalized spacial score (nSPS) is 47.1. The largest absolute Gasteiger partial charge is 0.348 e. The van der Waals surface area contributed by atoms with Crippen LogP contribution in [0.3, 0.4) is 0 Å². The van der Waals surface area contributed by atoms with Gasteiger partial charge in [0.1, 0.15) is 0 Å². The zero-order chi connectivity index (χ0) is 13.9. The van der Waals surface area contributed by atoms with Gasteiger partial charge in [0.25, 0.3) is 0 Å². The molecular formula is C15H26O4S. The SMILES string of the molecule is CC1COC(C2OCC(C3CCC(C)SC3)CO2)OC1. The second kappa shape index (κ2) is 6.97. The first-order chi connectivity index (χ1) is 9.72. The lowest BCUT2D eigenvalue weighted by molar-refractivity contribution is -0.332. The molecule has 0 bridgehead atoms. The first kappa shape index (κ1) is 15.1. The number of ether oxygens (including phenoxy) is 4. The van der Waals surface area contributed by atoms with Gasteiger partial charge in [-0.1, -0.05) is 13.8 Å². The summed E-state index contributed by atoms with van der Waals surface area (Å²) in [6.45, 7) is 7.47. The maximum absolute atomic E-state index is 5.86. The van der Waals surface area contributed by atoms with E-state index in [0.717, 1.165) is 37.6 Å². The fraction of sp³-hybridized carbons (Fsp3) is 1.00. The first-order valence-electron chi connectivity index (χ1n) is 7.80. The molecule has 4 nitrogen and oxygen atoms in total. The Morgan fingerprint density at radius 2 is 1.35 bits per heavy atom. The minimum absolute atomic E-state index is 0.339. The summed E-state index contributed by atoms with van der Waals surface area (Å²) in [5, 5.41) is 0.815. The van der Waals surface area contributed by atoms with Crippen LogP contribution in [0.4, 0.5) is 0 Å². The molecule has 5 heteroatoms. The molecule has 3 heterocycles.